The van der Waals surface area contributed by atoms with Gasteiger partial charge in [0.25, 0.3) is 0 Å². The first kappa shape index (κ1) is 22.7. The Kier molecular flexibility index (Phi) is 6.55. The Hall–Kier alpha value is -3.53. The molecule has 0 aliphatic heterocycles. The molecule has 1 amide bonds. The molecule has 1 N–H and O–H groups in total. The number of benzene rings is 2. The molecular weight excluding hydrogens is 443 g/mol. The van der Waals surface area contributed by atoms with Crippen LogP contribution in [0.15, 0.2) is 52.1 Å². The van der Waals surface area contributed by atoms with Crippen molar-refractivity contribution in [1.82, 2.24) is 30.2 Å². The van der Waals surface area contributed by atoms with Gasteiger partial charge >= 0.3 is 0 Å². The van der Waals surface area contributed by atoms with Crippen molar-refractivity contribution < 1.29 is 13.7 Å². The summed E-state index contributed by atoms with van der Waals surface area (Å²) in [6.45, 7) is 7.70. The second kappa shape index (κ2) is 9.53. The van der Waals surface area contributed by atoms with Crippen molar-refractivity contribution in [2.24, 2.45) is 0 Å². The topological polar surface area (TPSA) is 98.7 Å². The van der Waals surface area contributed by atoms with E-state index in [0.717, 1.165) is 22.6 Å². The number of rotatable bonds is 7. The Labute approximate surface area is 194 Å². The molecule has 0 aliphatic rings. The maximum Gasteiger partial charge on any atom is 0.249 e. The molecule has 0 saturated heterocycles. The molecule has 4 rings (SSSR count). The quantitative estimate of drug-likeness (QED) is 0.404. The highest BCUT2D eigenvalue weighted by Gasteiger charge is 2.19. The van der Waals surface area contributed by atoms with E-state index in [0.29, 0.717) is 16.5 Å². The first-order chi connectivity index (χ1) is 15.8. The number of halogens is 1. The summed E-state index contributed by atoms with van der Waals surface area (Å²) in [5, 5.41) is 15.8. The molecule has 2 aromatic heterocycles. The van der Waals surface area contributed by atoms with Crippen LogP contribution in [0.4, 0.5) is 4.39 Å². The van der Waals surface area contributed by atoms with Crippen molar-refractivity contribution in [3.05, 3.63) is 71.1 Å². The second-order valence-corrected chi connectivity index (χ2v) is 8.64. The van der Waals surface area contributed by atoms with E-state index in [1.165, 1.54) is 23.9 Å². The maximum absolute atomic E-state index is 13.1. The molecule has 8 nitrogen and oxygen atoms in total. The number of carbonyl (C=O) groups excluding carboxylic acids is 1. The molecular formula is C23H23FN6O2S. The zero-order chi connectivity index (χ0) is 23.5. The number of aryl methyl sites for hydroxylation is 3. The summed E-state index contributed by atoms with van der Waals surface area (Å²) in [5.74, 6) is 0.942. The van der Waals surface area contributed by atoms with Crippen LogP contribution >= 0.6 is 11.8 Å². The zero-order valence-corrected chi connectivity index (χ0v) is 19.5. The third-order valence-corrected chi connectivity index (χ3v) is 5.95. The fraction of sp³-hybridized carbons (Fsp3) is 0.261. The predicted molar refractivity (Wildman–Crippen MR) is 123 cm³/mol. The van der Waals surface area contributed by atoms with Crippen LogP contribution in [0.25, 0.3) is 17.1 Å². The van der Waals surface area contributed by atoms with Crippen molar-refractivity contribution in [3.63, 3.8) is 0 Å². The fourth-order valence-electron chi connectivity index (χ4n) is 3.28. The summed E-state index contributed by atoms with van der Waals surface area (Å²) in [6, 6.07) is 11.5. The van der Waals surface area contributed by atoms with Crippen LogP contribution in [0.2, 0.25) is 0 Å². The van der Waals surface area contributed by atoms with Crippen LogP contribution in [0.1, 0.15) is 35.8 Å². The third kappa shape index (κ3) is 5.11. The smallest absolute Gasteiger partial charge is 0.249 e. The van der Waals surface area contributed by atoms with Crippen molar-refractivity contribution in [1.29, 1.82) is 0 Å². The highest BCUT2D eigenvalue weighted by molar-refractivity contribution is 7.99. The molecule has 0 bridgehead atoms. The van der Waals surface area contributed by atoms with Crippen molar-refractivity contribution in [2.75, 3.05) is 5.75 Å². The number of nitrogens with one attached hydrogen (secondary N) is 1. The minimum Gasteiger partial charge on any atom is -0.344 e. The van der Waals surface area contributed by atoms with Gasteiger partial charge in [-0.15, -0.1) is 10.2 Å². The summed E-state index contributed by atoms with van der Waals surface area (Å²) in [4.78, 5) is 16.9. The van der Waals surface area contributed by atoms with E-state index in [1.54, 1.807) is 19.1 Å². The Morgan fingerprint density at radius 2 is 1.91 bits per heavy atom. The third-order valence-electron chi connectivity index (χ3n) is 5.03. The number of carbonyl (C=O) groups is 1. The summed E-state index contributed by atoms with van der Waals surface area (Å²) in [6.07, 6.45) is 0. The molecule has 0 spiro atoms. The van der Waals surface area contributed by atoms with Gasteiger partial charge in [0.2, 0.25) is 17.6 Å². The molecule has 0 aliphatic carbocycles. The average molecular weight is 467 g/mol. The number of amides is 1. The van der Waals surface area contributed by atoms with E-state index >= 15 is 0 Å². The lowest BCUT2D eigenvalue weighted by Gasteiger charge is -2.13. The monoisotopic (exact) mass is 466 g/mol. The average Bonchev–Trinajstić information content (AvgIpc) is 3.42. The summed E-state index contributed by atoms with van der Waals surface area (Å²) in [7, 11) is 0. The molecule has 0 fully saturated rings. The molecule has 170 valence electrons. The summed E-state index contributed by atoms with van der Waals surface area (Å²) in [5.41, 5.74) is 3.84. The van der Waals surface area contributed by atoms with Crippen LogP contribution in [0, 0.1) is 26.6 Å². The second-order valence-electron chi connectivity index (χ2n) is 7.70. The summed E-state index contributed by atoms with van der Waals surface area (Å²) < 4.78 is 20.3. The van der Waals surface area contributed by atoms with Gasteiger partial charge in [-0.3, -0.25) is 9.36 Å². The molecule has 0 saturated carbocycles. The molecule has 2 heterocycles. The number of hydrogen-bond donors (Lipinski definition) is 1. The SMILES string of the molecule is Cc1ccc(C)c(-n2c(C)nnc2SCC(=O)NC(C)c2nc(-c3ccc(F)cc3)no2)c1. The molecule has 2 aromatic carbocycles. The van der Waals surface area contributed by atoms with Crippen LogP contribution in [-0.2, 0) is 4.79 Å². The predicted octanol–water partition coefficient (Wildman–Crippen LogP) is 4.35. The normalized spacial score (nSPS) is 12.0. The molecule has 1 atom stereocenters. The van der Waals surface area contributed by atoms with Gasteiger partial charge in [0.1, 0.15) is 17.7 Å². The largest absolute Gasteiger partial charge is 0.344 e. The minimum absolute atomic E-state index is 0.145. The van der Waals surface area contributed by atoms with Gasteiger partial charge in [0.15, 0.2) is 5.16 Å². The van der Waals surface area contributed by atoms with Gasteiger partial charge < -0.3 is 9.84 Å². The van der Waals surface area contributed by atoms with Crippen molar-refractivity contribution in [3.8, 4) is 17.1 Å². The van der Waals surface area contributed by atoms with Gasteiger partial charge in [-0.2, -0.15) is 4.98 Å². The Balaban J connectivity index is 1.40. The lowest BCUT2D eigenvalue weighted by Crippen LogP contribution is -2.28. The maximum atomic E-state index is 13.1. The molecule has 4 aromatic rings. The van der Waals surface area contributed by atoms with Crippen LogP contribution in [-0.4, -0.2) is 36.6 Å². The highest BCUT2D eigenvalue weighted by Crippen LogP contribution is 2.25. The van der Waals surface area contributed by atoms with Gasteiger partial charge in [0.05, 0.1) is 11.4 Å². The number of hydrogen-bond acceptors (Lipinski definition) is 7. The van der Waals surface area contributed by atoms with E-state index in [4.69, 9.17) is 4.52 Å². The van der Waals surface area contributed by atoms with Gasteiger partial charge in [-0.05, 0) is 69.2 Å². The molecule has 1 unspecified atom stereocenters. The van der Waals surface area contributed by atoms with E-state index in [-0.39, 0.29) is 23.4 Å². The molecule has 0 radical (unpaired) electrons. The zero-order valence-electron chi connectivity index (χ0n) is 18.7. The van der Waals surface area contributed by atoms with E-state index in [1.807, 2.05) is 25.3 Å². The number of thioether (sulfide) groups is 1. The van der Waals surface area contributed by atoms with Crippen LogP contribution in [0.5, 0.6) is 0 Å². The Bertz CT molecular complexity index is 1280. The molecule has 10 heteroatoms. The van der Waals surface area contributed by atoms with E-state index in [2.05, 4.69) is 43.9 Å². The molecule has 33 heavy (non-hydrogen) atoms. The van der Waals surface area contributed by atoms with E-state index in [9.17, 15) is 9.18 Å². The van der Waals surface area contributed by atoms with Crippen molar-refractivity contribution >= 4 is 17.7 Å². The lowest BCUT2D eigenvalue weighted by atomic mass is 10.1. The van der Waals surface area contributed by atoms with Gasteiger partial charge in [-0.1, -0.05) is 29.1 Å². The van der Waals surface area contributed by atoms with Gasteiger partial charge in [0, 0.05) is 5.56 Å². The van der Waals surface area contributed by atoms with Crippen LogP contribution in [0.3, 0.4) is 0 Å². The fourth-order valence-corrected chi connectivity index (χ4v) is 4.08. The number of nitrogens with zero attached hydrogens (tertiary/aromatic N) is 5. The Morgan fingerprint density at radius 3 is 2.67 bits per heavy atom. The van der Waals surface area contributed by atoms with Crippen LogP contribution < -0.4 is 5.32 Å². The standard InChI is InChI=1S/C23H23FN6O2S/c1-13-5-6-14(2)19(11-13)30-16(4)27-28-23(30)33-12-20(31)25-15(3)22-26-21(29-32-22)17-7-9-18(24)10-8-17/h5-11,15H,12H2,1-4H3,(H,25,31). The lowest BCUT2D eigenvalue weighted by molar-refractivity contribution is -0.119. The highest BCUT2D eigenvalue weighted by atomic mass is 32.2. The first-order valence-electron chi connectivity index (χ1n) is 10.3. The first-order valence-corrected chi connectivity index (χ1v) is 11.3. The number of aromatic nitrogens is 5. The van der Waals surface area contributed by atoms with Gasteiger partial charge in [-0.25, -0.2) is 4.39 Å². The summed E-state index contributed by atoms with van der Waals surface area (Å²) >= 11 is 1.30. The Morgan fingerprint density at radius 1 is 1.15 bits per heavy atom. The van der Waals surface area contributed by atoms with E-state index < -0.39 is 6.04 Å². The van der Waals surface area contributed by atoms with Crippen molar-refractivity contribution in [2.45, 2.75) is 38.9 Å². The minimum atomic E-state index is -0.488.